The van der Waals surface area contributed by atoms with E-state index in [1.165, 1.54) is 0 Å². The molecule has 0 bridgehead atoms. The summed E-state index contributed by atoms with van der Waals surface area (Å²) < 4.78 is 0. The van der Waals surface area contributed by atoms with Crippen LogP contribution in [0.5, 0.6) is 0 Å². The molecule has 2 aliphatic rings. The Morgan fingerprint density at radius 2 is 1.74 bits per heavy atom. The van der Waals surface area contributed by atoms with E-state index >= 15 is 0 Å². The fourth-order valence-electron chi connectivity index (χ4n) is 3.64. The highest BCUT2D eigenvalue weighted by Gasteiger charge is 2.91. The molecule has 19 heavy (non-hydrogen) atoms. The predicted molar refractivity (Wildman–Crippen MR) is 66.0 cm³/mol. The Hall–Kier alpha value is -1.88. The molecule has 1 N–H and O–H groups in total. The Kier molecular flexibility index (Phi) is 3.10. The van der Waals surface area contributed by atoms with Crippen LogP contribution in [0.1, 0.15) is 39.5 Å². The number of nitrogens with zero attached hydrogens (tertiary/aromatic N) is 2. The smallest absolute Gasteiger partial charge is 0.249 e. The zero-order valence-corrected chi connectivity index (χ0v) is 11.2. The largest absolute Gasteiger partial charge is 0.294 e. The molecule has 100 valence electrons. The summed E-state index contributed by atoms with van der Waals surface area (Å²) in [6.45, 7) is 4.05. The average Bonchev–Trinajstić information content (AvgIpc) is 2.97. The molecule has 1 aliphatic heterocycles. The highest BCUT2D eigenvalue weighted by molar-refractivity contribution is 6.18. The number of carbonyl (C=O) groups excluding carboxylic acids is 2. The first-order valence-electron chi connectivity index (χ1n) is 6.75. The van der Waals surface area contributed by atoms with E-state index in [9.17, 15) is 20.1 Å². The molecule has 1 saturated carbocycles. The van der Waals surface area contributed by atoms with Gasteiger partial charge in [-0.3, -0.25) is 14.9 Å². The van der Waals surface area contributed by atoms with Crippen LogP contribution in [0.15, 0.2) is 0 Å². The molecule has 0 spiro atoms. The molecule has 0 aromatic heterocycles. The van der Waals surface area contributed by atoms with E-state index < -0.39 is 28.6 Å². The molecule has 2 rings (SSSR count). The number of fused-ring (bicyclic) bond motifs is 1. The topological polar surface area (TPSA) is 93.8 Å². The van der Waals surface area contributed by atoms with Crippen molar-refractivity contribution < 1.29 is 9.59 Å². The minimum atomic E-state index is -1.44. The van der Waals surface area contributed by atoms with E-state index in [0.717, 1.165) is 25.7 Å². The molecule has 2 amide bonds. The second-order valence-corrected chi connectivity index (χ2v) is 5.41. The van der Waals surface area contributed by atoms with Gasteiger partial charge >= 0.3 is 0 Å². The number of nitriles is 2. The van der Waals surface area contributed by atoms with Crippen LogP contribution < -0.4 is 5.32 Å². The van der Waals surface area contributed by atoms with Crippen LogP contribution in [0.25, 0.3) is 0 Å². The van der Waals surface area contributed by atoms with Gasteiger partial charge < -0.3 is 0 Å². The Bertz CT molecular complexity index is 478. The fourth-order valence-corrected chi connectivity index (χ4v) is 3.64. The lowest BCUT2D eigenvalue weighted by Crippen LogP contribution is -2.34. The van der Waals surface area contributed by atoms with Crippen molar-refractivity contribution in [1.29, 1.82) is 10.5 Å². The summed E-state index contributed by atoms with van der Waals surface area (Å²) >= 11 is 0. The maximum Gasteiger partial charge on any atom is 0.249 e. The van der Waals surface area contributed by atoms with Gasteiger partial charge in [-0.15, -0.1) is 0 Å². The van der Waals surface area contributed by atoms with Crippen LogP contribution in [0.3, 0.4) is 0 Å². The molecule has 0 aromatic rings. The lowest BCUT2D eigenvalue weighted by Gasteiger charge is -2.17. The third-order valence-electron chi connectivity index (χ3n) is 4.69. The van der Waals surface area contributed by atoms with Crippen molar-refractivity contribution in [2.45, 2.75) is 39.5 Å². The molecule has 1 aliphatic carbocycles. The molecule has 5 nitrogen and oxygen atoms in total. The Morgan fingerprint density at radius 3 is 2.11 bits per heavy atom. The second kappa shape index (κ2) is 4.35. The molecular weight excluding hydrogens is 242 g/mol. The van der Waals surface area contributed by atoms with E-state index in [-0.39, 0.29) is 5.92 Å². The highest BCUT2D eigenvalue weighted by Crippen LogP contribution is 2.75. The molecular formula is C14H17N3O2. The van der Waals surface area contributed by atoms with Gasteiger partial charge in [-0.2, -0.15) is 10.5 Å². The SMILES string of the molecule is CCCC[C@@H](CC)C1[C@]2(C#N)C(=O)NC(=O)[C@]12C#N. The zero-order valence-electron chi connectivity index (χ0n) is 11.2. The summed E-state index contributed by atoms with van der Waals surface area (Å²) in [5.41, 5.74) is -2.87. The van der Waals surface area contributed by atoms with Gasteiger partial charge in [0.05, 0.1) is 12.1 Å². The van der Waals surface area contributed by atoms with Crippen molar-refractivity contribution in [2.75, 3.05) is 0 Å². The molecule has 1 saturated heterocycles. The third-order valence-corrected chi connectivity index (χ3v) is 4.69. The number of carbonyl (C=O) groups is 2. The van der Waals surface area contributed by atoms with Crippen molar-refractivity contribution in [3.63, 3.8) is 0 Å². The Morgan fingerprint density at radius 1 is 1.21 bits per heavy atom. The summed E-state index contributed by atoms with van der Waals surface area (Å²) in [6.07, 6.45) is 3.62. The van der Waals surface area contributed by atoms with Gasteiger partial charge in [0.15, 0.2) is 10.8 Å². The van der Waals surface area contributed by atoms with E-state index in [2.05, 4.69) is 12.2 Å². The standard InChI is InChI=1S/C14H17N3O2/c1-3-5-6-9(4-2)10-13(7-15)11(18)17-12(19)14(10,13)8-16/h9-10H,3-6H2,1-2H3,(H,17,18,19)/t9-,10?,13-,14+/m1/s1. The van der Waals surface area contributed by atoms with Gasteiger partial charge in [-0.1, -0.05) is 39.5 Å². The van der Waals surface area contributed by atoms with Crippen molar-refractivity contribution in [3.05, 3.63) is 0 Å². The zero-order chi connectivity index (χ0) is 14.3. The fraction of sp³-hybridized carbons (Fsp3) is 0.714. The lowest BCUT2D eigenvalue weighted by molar-refractivity contribution is -0.129. The maximum atomic E-state index is 11.9. The molecule has 0 aromatic carbocycles. The number of nitrogens with one attached hydrogen (secondary N) is 1. The Balaban J connectivity index is 2.39. The molecule has 0 radical (unpaired) electrons. The van der Waals surface area contributed by atoms with Gasteiger partial charge in [0.2, 0.25) is 11.8 Å². The van der Waals surface area contributed by atoms with Crippen molar-refractivity contribution in [2.24, 2.45) is 22.7 Å². The van der Waals surface area contributed by atoms with Crippen LogP contribution >= 0.6 is 0 Å². The van der Waals surface area contributed by atoms with Crippen LogP contribution in [-0.2, 0) is 9.59 Å². The summed E-state index contributed by atoms with van der Waals surface area (Å²) in [5.74, 6) is -1.52. The first kappa shape index (κ1) is 13.5. The number of rotatable bonds is 5. The van der Waals surface area contributed by atoms with Gasteiger partial charge in [-0.25, -0.2) is 0 Å². The van der Waals surface area contributed by atoms with Crippen LogP contribution in [0, 0.1) is 45.3 Å². The minimum absolute atomic E-state index is 0.0780. The third kappa shape index (κ3) is 1.33. The summed E-state index contributed by atoms with van der Waals surface area (Å²) in [5, 5.41) is 20.9. The summed E-state index contributed by atoms with van der Waals surface area (Å²) in [4.78, 5) is 23.9. The van der Waals surface area contributed by atoms with E-state index in [1.54, 1.807) is 0 Å². The first-order valence-corrected chi connectivity index (χ1v) is 6.75. The molecule has 1 unspecified atom stereocenters. The maximum absolute atomic E-state index is 11.9. The molecule has 2 fully saturated rings. The number of unbranched alkanes of at least 4 members (excludes halogenated alkanes) is 1. The van der Waals surface area contributed by atoms with Crippen LogP contribution in [0.4, 0.5) is 0 Å². The van der Waals surface area contributed by atoms with Crippen molar-refractivity contribution in [1.82, 2.24) is 5.32 Å². The van der Waals surface area contributed by atoms with E-state index in [4.69, 9.17) is 0 Å². The predicted octanol–water partition coefficient (Wildman–Crippen LogP) is 1.51. The van der Waals surface area contributed by atoms with Crippen LogP contribution in [-0.4, -0.2) is 11.8 Å². The van der Waals surface area contributed by atoms with E-state index in [1.807, 2.05) is 19.1 Å². The number of amides is 2. The second-order valence-electron chi connectivity index (χ2n) is 5.41. The lowest BCUT2D eigenvalue weighted by atomic mass is 9.87. The minimum Gasteiger partial charge on any atom is -0.294 e. The molecule has 5 heteroatoms. The van der Waals surface area contributed by atoms with E-state index in [0.29, 0.717) is 0 Å². The van der Waals surface area contributed by atoms with Gasteiger partial charge in [-0.05, 0) is 5.92 Å². The average molecular weight is 259 g/mol. The highest BCUT2D eigenvalue weighted by atomic mass is 16.2. The number of imide groups is 1. The van der Waals surface area contributed by atoms with Crippen molar-refractivity contribution >= 4 is 11.8 Å². The first-order chi connectivity index (χ1) is 9.06. The van der Waals surface area contributed by atoms with Gasteiger partial charge in [0.25, 0.3) is 0 Å². The quantitative estimate of drug-likeness (QED) is 0.757. The molecule has 4 atom stereocenters. The number of hydrogen-bond donors (Lipinski definition) is 1. The summed E-state index contributed by atoms with van der Waals surface area (Å²) in [7, 11) is 0. The van der Waals surface area contributed by atoms with Crippen molar-refractivity contribution in [3.8, 4) is 12.1 Å². The number of piperidine rings is 1. The number of hydrogen-bond acceptors (Lipinski definition) is 4. The monoisotopic (exact) mass is 259 g/mol. The molecule has 1 heterocycles. The normalized spacial score (nSPS) is 36.9. The Labute approximate surface area is 112 Å². The van der Waals surface area contributed by atoms with Gasteiger partial charge in [0, 0.05) is 5.92 Å². The van der Waals surface area contributed by atoms with Gasteiger partial charge in [0.1, 0.15) is 0 Å². The summed E-state index contributed by atoms with van der Waals surface area (Å²) in [6, 6.07) is 3.94. The van der Waals surface area contributed by atoms with Crippen LogP contribution in [0.2, 0.25) is 0 Å².